The number of Topliss-reactive ketones (excluding diaryl/α,β-unsaturated/α-hetero) is 1. The van der Waals surface area contributed by atoms with Crippen LogP contribution in [0.4, 0.5) is 0 Å². The monoisotopic (exact) mass is 413 g/mol. The number of amides is 1. The number of hydrogen-bond donors (Lipinski definition) is 2. The van der Waals surface area contributed by atoms with Crippen molar-refractivity contribution in [3.05, 3.63) is 76.2 Å². The van der Waals surface area contributed by atoms with Gasteiger partial charge in [0.05, 0.1) is 43.7 Å². The number of benzene rings is 1. The number of quaternary nitrogens is 1. The number of nitrogens with one attached hydrogen (secondary N) is 1. The number of rotatable bonds is 9. The van der Waals surface area contributed by atoms with Gasteiger partial charge in [-0.25, -0.2) is 0 Å². The zero-order chi connectivity index (χ0) is 21.0. The summed E-state index contributed by atoms with van der Waals surface area (Å²) in [7, 11) is 3.98. The minimum absolute atomic E-state index is 0.118. The van der Waals surface area contributed by atoms with E-state index in [2.05, 4.69) is 6.58 Å². The first kappa shape index (κ1) is 20.8. The predicted octanol–water partition coefficient (Wildman–Crippen LogP) is 2.04. The first-order valence-electron chi connectivity index (χ1n) is 9.39. The van der Waals surface area contributed by atoms with Gasteiger partial charge in [0, 0.05) is 0 Å². The lowest BCUT2D eigenvalue weighted by Gasteiger charge is -2.27. The molecule has 2 N–H and O–H groups in total. The molecule has 1 amide bonds. The first-order valence-corrected chi connectivity index (χ1v) is 10.3. The Morgan fingerprint density at radius 1 is 1.34 bits per heavy atom. The highest BCUT2D eigenvalue weighted by Crippen LogP contribution is 2.40. The number of hydrogen-bond acceptors (Lipinski definition) is 5. The number of aliphatic hydroxyl groups excluding tert-OH is 1. The van der Waals surface area contributed by atoms with Crippen LogP contribution in [-0.4, -0.2) is 55.5 Å². The molecule has 0 saturated carbocycles. The lowest BCUT2D eigenvalue weighted by Crippen LogP contribution is -3.06. The van der Waals surface area contributed by atoms with Crippen LogP contribution >= 0.6 is 11.3 Å². The van der Waals surface area contributed by atoms with Crippen molar-refractivity contribution in [2.45, 2.75) is 6.04 Å². The van der Waals surface area contributed by atoms with Crippen LogP contribution in [0.5, 0.6) is 5.75 Å². The largest absolute Gasteiger partial charge is 0.503 e. The first-order chi connectivity index (χ1) is 13.9. The van der Waals surface area contributed by atoms with E-state index in [0.29, 0.717) is 30.3 Å². The van der Waals surface area contributed by atoms with Gasteiger partial charge >= 0.3 is 0 Å². The molecule has 1 atom stereocenters. The minimum Gasteiger partial charge on any atom is -0.503 e. The van der Waals surface area contributed by atoms with Gasteiger partial charge in [-0.2, -0.15) is 0 Å². The molecule has 0 fully saturated rings. The maximum Gasteiger partial charge on any atom is 0.290 e. The fourth-order valence-electron chi connectivity index (χ4n) is 3.28. The maximum atomic E-state index is 13.2. The van der Waals surface area contributed by atoms with Gasteiger partial charge in [0.25, 0.3) is 5.91 Å². The van der Waals surface area contributed by atoms with E-state index < -0.39 is 17.7 Å². The zero-order valence-electron chi connectivity index (χ0n) is 16.6. The molecule has 0 radical (unpaired) electrons. The number of ketones is 1. The molecule has 1 aliphatic heterocycles. The van der Waals surface area contributed by atoms with E-state index in [1.54, 1.807) is 34.6 Å². The molecular formula is C22H25N2O4S+. The van der Waals surface area contributed by atoms with Crippen molar-refractivity contribution in [3.63, 3.8) is 0 Å². The van der Waals surface area contributed by atoms with E-state index in [0.717, 1.165) is 10.5 Å². The Balaban J connectivity index is 2.04. The third-order valence-corrected chi connectivity index (χ3v) is 5.56. The fraction of sp³-hybridized carbons (Fsp3) is 0.273. The average Bonchev–Trinajstić information content (AvgIpc) is 3.32. The fourth-order valence-corrected chi connectivity index (χ4v) is 3.95. The highest BCUT2D eigenvalue weighted by Gasteiger charge is 2.44. The Morgan fingerprint density at radius 2 is 2.14 bits per heavy atom. The molecule has 1 aromatic carbocycles. The molecule has 152 valence electrons. The van der Waals surface area contributed by atoms with Crippen molar-refractivity contribution < 1.29 is 24.3 Å². The second-order valence-corrected chi connectivity index (χ2v) is 8.05. The molecule has 0 spiro atoms. The van der Waals surface area contributed by atoms with Crippen molar-refractivity contribution in [1.82, 2.24) is 4.90 Å². The summed E-state index contributed by atoms with van der Waals surface area (Å²) >= 11 is 1.29. The Labute approximate surface area is 174 Å². The van der Waals surface area contributed by atoms with Crippen LogP contribution in [0.1, 0.15) is 21.3 Å². The summed E-state index contributed by atoms with van der Waals surface area (Å²) in [6.07, 6.45) is 1.65. The number of ether oxygens (including phenoxy) is 1. The Bertz CT molecular complexity index is 934. The van der Waals surface area contributed by atoms with Crippen LogP contribution in [-0.2, 0) is 4.79 Å². The van der Waals surface area contributed by atoms with Crippen LogP contribution in [0.15, 0.2) is 65.8 Å². The van der Waals surface area contributed by atoms with Gasteiger partial charge in [-0.15, -0.1) is 11.3 Å². The maximum absolute atomic E-state index is 13.2. The van der Waals surface area contributed by atoms with E-state index in [-0.39, 0.29) is 11.4 Å². The average molecular weight is 414 g/mol. The Morgan fingerprint density at radius 3 is 2.79 bits per heavy atom. The van der Waals surface area contributed by atoms with Crippen LogP contribution in [0.25, 0.3) is 0 Å². The van der Waals surface area contributed by atoms with Gasteiger partial charge in [0.15, 0.2) is 5.76 Å². The number of aliphatic hydroxyl groups is 1. The van der Waals surface area contributed by atoms with E-state index in [9.17, 15) is 14.7 Å². The van der Waals surface area contributed by atoms with Gasteiger partial charge < -0.3 is 19.6 Å². The van der Waals surface area contributed by atoms with Crippen molar-refractivity contribution in [1.29, 1.82) is 0 Å². The number of nitrogens with zero attached hydrogens (tertiary/aromatic N) is 1. The quantitative estimate of drug-likeness (QED) is 0.488. The van der Waals surface area contributed by atoms with Crippen LogP contribution in [0.3, 0.4) is 0 Å². The van der Waals surface area contributed by atoms with Crippen molar-refractivity contribution in [2.24, 2.45) is 0 Å². The van der Waals surface area contributed by atoms with Crippen molar-refractivity contribution in [2.75, 3.05) is 33.8 Å². The van der Waals surface area contributed by atoms with Crippen molar-refractivity contribution >= 4 is 23.0 Å². The molecular weight excluding hydrogens is 388 g/mol. The summed E-state index contributed by atoms with van der Waals surface area (Å²) in [4.78, 5) is 29.2. The van der Waals surface area contributed by atoms with E-state index in [1.165, 1.54) is 11.3 Å². The molecule has 0 unspecified atom stereocenters. The molecule has 2 aromatic rings. The second kappa shape index (κ2) is 9.07. The summed E-state index contributed by atoms with van der Waals surface area (Å²) in [6, 6.07) is 10.1. The lowest BCUT2D eigenvalue weighted by atomic mass is 9.95. The summed E-state index contributed by atoms with van der Waals surface area (Å²) in [5.74, 6) is -0.705. The summed E-state index contributed by atoms with van der Waals surface area (Å²) in [6.45, 7) is 5.09. The minimum atomic E-state index is -0.663. The van der Waals surface area contributed by atoms with E-state index >= 15 is 0 Å². The Kier molecular flexibility index (Phi) is 6.51. The summed E-state index contributed by atoms with van der Waals surface area (Å²) < 4.78 is 5.62. The molecule has 0 saturated heterocycles. The molecule has 2 heterocycles. The number of carbonyl (C=O) groups excluding carboxylic acids is 2. The van der Waals surface area contributed by atoms with Gasteiger partial charge in [0.2, 0.25) is 5.78 Å². The molecule has 7 heteroatoms. The van der Waals surface area contributed by atoms with Crippen molar-refractivity contribution in [3.8, 4) is 5.75 Å². The van der Waals surface area contributed by atoms with Gasteiger partial charge in [0.1, 0.15) is 12.4 Å². The molecule has 6 nitrogen and oxygen atoms in total. The zero-order valence-corrected chi connectivity index (χ0v) is 17.4. The standard InChI is InChI=1S/C22H24N2O4S/c1-4-12-28-16-8-5-7-15(14-16)19-18(20(25)17-9-6-13-29-17)21(26)22(27)24(19)11-10-23(2)3/h4-9,13-14,19,26H,1,10-12H2,2-3H3/p+1/t19-/m1/s1. The molecule has 0 bridgehead atoms. The van der Waals surface area contributed by atoms with Gasteiger partial charge in [-0.1, -0.05) is 30.9 Å². The van der Waals surface area contributed by atoms with Crippen LogP contribution < -0.4 is 9.64 Å². The Hall–Kier alpha value is -2.90. The molecule has 3 rings (SSSR count). The van der Waals surface area contributed by atoms with Gasteiger partial charge in [-0.3, -0.25) is 9.59 Å². The topological polar surface area (TPSA) is 71.3 Å². The molecule has 1 aliphatic rings. The van der Waals surface area contributed by atoms with E-state index in [4.69, 9.17) is 4.74 Å². The lowest BCUT2D eigenvalue weighted by molar-refractivity contribution is -0.857. The second-order valence-electron chi connectivity index (χ2n) is 7.10. The normalized spacial score (nSPS) is 16.6. The number of thiophene rings is 1. The molecule has 0 aliphatic carbocycles. The molecule has 1 aromatic heterocycles. The smallest absolute Gasteiger partial charge is 0.290 e. The molecule has 29 heavy (non-hydrogen) atoms. The van der Waals surface area contributed by atoms with E-state index in [1.807, 2.05) is 32.3 Å². The van der Waals surface area contributed by atoms with Gasteiger partial charge in [-0.05, 0) is 29.1 Å². The number of carbonyl (C=O) groups is 2. The summed E-state index contributed by atoms with van der Waals surface area (Å²) in [5, 5.41) is 12.4. The van der Waals surface area contributed by atoms with Crippen LogP contribution in [0.2, 0.25) is 0 Å². The highest BCUT2D eigenvalue weighted by atomic mass is 32.1. The third kappa shape index (κ3) is 4.41. The van der Waals surface area contributed by atoms with Crippen LogP contribution in [0, 0.1) is 0 Å². The predicted molar refractivity (Wildman–Crippen MR) is 113 cm³/mol. The highest BCUT2D eigenvalue weighted by molar-refractivity contribution is 7.12. The summed E-state index contributed by atoms with van der Waals surface area (Å²) in [5.41, 5.74) is 0.838. The third-order valence-electron chi connectivity index (χ3n) is 4.69. The SMILES string of the molecule is C=CCOc1cccc([C@@H]2C(C(=O)c3cccs3)=C(O)C(=O)N2CC[NH+](C)C)c1. The number of likely N-dealkylation sites (N-methyl/N-ethyl adjacent to an activating group) is 1.